The molecule has 0 spiro atoms. The summed E-state index contributed by atoms with van der Waals surface area (Å²) in [5.41, 5.74) is 2.85. The lowest BCUT2D eigenvalue weighted by atomic mass is 9.97. The molecular weight excluding hydrogens is 298 g/mol. The van der Waals surface area contributed by atoms with E-state index in [0.717, 1.165) is 41.0 Å². The van der Waals surface area contributed by atoms with Crippen molar-refractivity contribution in [3.05, 3.63) is 65.7 Å². The summed E-state index contributed by atoms with van der Waals surface area (Å²) in [6.07, 6.45) is 6.46. The van der Waals surface area contributed by atoms with Crippen LogP contribution in [0.4, 0.5) is 0 Å². The molecule has 0 atom stereocenters. The Morgan fingerprint density at radius 1 is 1.04 bits per heavy atom. The van der Waals surface area contributed by atoms with Gasteiger partial charge in [-0.2, -0.15) is 5.26 Å². The fraction of sp³-hybridized carbons (Fsp3) is 0.286. The summed E-state index contributed by atoms with van der Waals surface area (Å²) in [6, 6.07) is 17.9. The van der Waals surface area contributed by atoms with Crippen LogP contribution in [-0.4, -0.2) is 13.2 Å². The first-order valence-corrected chi connectivity index (χ1v) is 8.32. The first-order valence-electron chi connectivity index (χ1n) is 8.32. The Morgan fingerprint density at radius 2 is 1.79 bits per heavy atom. The molecule has 0 heterocycles. The molecular formula is C21H21NO2. The molecule has 0 N–H and O–H groups in total. The number of rotatable bonds is 5. The summed E-state index contributed by atoms with van der Waals surface area (Å²) in [7, 11) is 1.65. The third-order valence-electron chi connectivity index (χ3n) is 4.36. The number of hydrogen-bond donors (Lipinski definition) is 0. The maximum Gasteiger partial charge on any atom is 0.162 e. The molecule has 0 aliphatic heterocycles. The van der Waals surface area contributed by atoms with Gasteiger partial charge >= 0.3 is 0 Å². The van der Waals surface area contributed by atoms with Gasteiger partial charge in [-0.05, 0) is 54.5 Å². The van der Waals surface area contributed by atoms with Crippen LogP contribution in [0.15, 0.2) is 54.6 Å². The molecule has 0 amide bonds. The molecule has 1 saturated carbocycles. The largest absolute Gasteiger partial charge is 0.493 e. The van der Waals surface area contributed by atoms with E-state index in [1.165, 1.54) is 12.8 Å². The summed E-state index contributed by atoms with van der Waals surface area (Å²) < 4.78 is 11.6. The van der Waals surface area contributed by atoms with E-state index in [-0.39, 0.29) is 6.10 Å². The van der Waals surface area contributed by atoms with E-state index in [2.05, 4.69) is 6.07 Å². The van der Waals surface area contributed by atoms with Gasteiger partial charge in [-0.1, -0.05) is 36.4 Å². The van der Waals surface area contributed by atoms with Crippen LogP contribution in [0.3, 0.4) is 0 Å². The fourth-order valence-corrected chi connectivity index (χ4v) is 3.14. The van der Waals surface area contributed by atoms with Crippen LogP contribution in [0, 0.1) is 11.3 Å². The zero-order chi connectivity index (χ0) is 16.8. The molecule has 1 aliphatic carbocycles. The molecule has 0 unspecified atom stereocenters. The lowest BCUT2D eigenvalue weighted by Crippen LogP contribution is -2.11. The van der Waals surface area contributed by atoms with Gasteiger partial charge in [0.15, 0.2) is 11.5 Å². The van der Waals surface area contributed by atoms with Crippen molar-refractivity contribution in [1.29, 1.82) is 5.26 Å². The van der Waals surface area contributed by atoms with Gasteiger partial charge in [0, 0.05) is 6.08 Å². The fourth-order valence-electron chi connectivity index (χ4n) is 3.14. The minimum Gasteiger partial charge on any atom is -0.493 e. The van der Waals surface area contributed by atoms with Crippen molar-refractivity contribution in [1.82, 2.24) is 0 Å². The summed E-state index contributed by atoms with van der Waals surface area (Å²) in [5, 5.41) is 9.18. The average Bonchev–Trinajstić information content (AvgIpc) is 3.13. The molecule has 0 bridgehead atoms. The second-order valence-electron chi connectivity index (χ2n) is 5.94. The van der Waals surface area contributed by atoms with E-state index in [9.17, 15) is 5.26 Å². The van der Waals surface area contributed by atoms with Crippen molar-refractivity contribution < 1.29 is 9.47 Å². The van der Waals surface area contributed by atoms with Gasteiger partial charge in [0.2, 0.25) is 0 Å². The Bertz CT molecular complexity index is 753. The van der Waals surface area contributed by atoms with E-state index in [1.807, 2.05) is 48.5 Å². The average molecular weight is 319 g/mol. The van der Waals surface area contributed by atoms with Crippen LogP contribution >= 0.6 is 0 Å². The first kappa shape index (κ1) is 16.1. The zero-order valence-electron chi connectivity index (χ0n) is 13.9. The van der Waals surface area contributed by atoms with Gasteiger partial charge in [-0.15, -0.1) is 0 Å². The molecule has 1 aliphatic rings. The second-order valence-corrected chi connectivity index (χ2v) is 5.94. The summed E-state index contributed by atoms with van der Waals surface area (Å²) >= 11 is 0. The molecule has 0 aromatic heterocycles. The van der Waals surface area contributed by atoms with Gasteiger partial charge in [0.05, 0.1) is 19.3 Å². The smallest absolute Gasteiger partial charge is 0.162 e. The van der Waals surface area contributed by atoms with Gasteiger partial charge in [0.25, 0.3) is 0 Å². The molecule has 3 nitrogen and oxygen atoms in total. The molecule has 1 fully saturated rings. The predicted octanol–water partition coefficient (Wildman–Crippen LogP) is 4.97. The molecule has 3 heteroatoms. The van der Waals surface area contributed by atoms with Crippen LogP contribution in [0.2, 0.25) is 0 Å². The highest BCUT2D eigenvalue weighted by molar-refractivity contribution is 5.82. The summed E-state index contributed by atoms with van der Waals surface area (Å²) in [6.45, 7) is 0. The number of hydrogen-bond acceptors (Lipinski definition) is 3. The Morgan fingerprint density at radius 3 is 2.46 bits per heavy atom. The number of benzene rings is 2. The monoisotopic (exact) mass is 319 g/mol. The van der Waals surface area contributed by atoms with Crippen molar-refractivity contribution in [3.63, 3.8) is 0 Å². The Hall–Kier alpha value is -2.73. The molecule has 2 aromatic carbocycles. The number of methoxy groups -OCH3 is 1. The van der Waals surface area contributed by atoms with Crippen LogP contribution in [-0.2, 0) is 0 Å². The maximum absolute atomic E-state index is 9.18. The van der Waals surface area contributed by atoms with E-state index in [1.54, 1.807) is 13.2 Å². The highest BCUT2D eigenvalue weighted by atomic mass is 16.5. The second kappa shape index (κ2) is 7.70. The SMILES string of the molecule is COc1ccc(/C(=C/C#N)c2ccccc2)cc1OC1CCCC1. The topological polar surface area (TPSA) is 42.2 Å². The maximum atomic E-state index is 9.18. The van der Waals surface area contributed by atoms with E-state index >= 15 is 0 Å². The molecule has 0 radical (unpaired) electrons. The Kier molecular flexibility index (Phi) is 5.18. The Balaban J connectivity index is 1.97. The third kappa shape index (κ3) is 3.60. The molecule has 3 rings (SSSR count). The van der Waals surface area contributed by atoms with Crippen molar-refractivity contribution in [3.8, 4) is 17.6 Å². The van der Waals surface area contributed by atoms with Gasteiger partial charge in [-0.25, -0.2) is 0 Å². The standard InChI is InChI=1S/C21H21NO2/c1-23-20-12-11-17(15-21(20)24-18-9-5-6-10-18)19(13-14-22)16-7-3-2-4-8-16/h2-4,7-8,11-13,15,18H,5-6,9-10H2,1H3/b19-13+. The third-order valence-corrected chi connectivity index (χ3v) is 4.36. The van der Waals surface area contributed by atoms with Crippen LogP contribution in [0.1, 0.15) is 36.8 Å². The molecule has 0 saturated heterocycles. The van der Waals surface area contributed by atoms with Crippen molar-refractivity contribution in [2.45, 2.75) is 31.8 Å². The van der Waals surface area contributed by atoms with Crippen molar-refractivity contribution in [2.75, 3.05) is 7.11 Å². The predicted molar refractivity (Wildman–Crippen MR) is 95.0 cm³/mol. The Labute approximate surface area is 143 Å². The molecule has 2 aromatic rings. The van der Waals surface area contributed by atoms with Gasteiger partial charge in [-0.3, -0.25) is 0 Å². The van der Waals surface area contributed by atoms with Crippen LogP contribution in [0.25, 0.3) is 5.57 Å². The normalized spacial score (nSPS) is 15.1. The highest BCUT2D eigenvalue weighted by Gasteiger charge is 2.19. The lowest BCUT2D eigenvalue weighted by molar-refractivity contribution is 0.201. The molecule has 24 heavy (non-hydrogen) atoms. The number of ether oxygens (including phenoxy) is 2. The first-order chi connectivity index (χ1) is 11.8. The highest BCUT2D eigenvalue weighted by Crippen LogP contribution is 2.35. The van der Waals surface area contributed by atoms with Crippen molar-refractivity contribution >= 4 is 5.57 Å². The number of allylic oxidation sites excluding steroid dienone is 1. The lowest BCUT2D eigenvalue weighted by Gasteiger charge is -2.17. The summed E-state index contributed by atoms with van der Waals surface area (Å²) in [4.78, 5) is 0. The van der Waals surface area contributed by atoms with E-state index in [0.29, 0.717) is 0 Å². The van der Waals surface area contributed by atoms with Gasteiger partial charge in [0.1, 0.15) is 0 Å². The van der Waals surface area contributed by atoms with Crippen molar-refractivity contribution in [2.24, 2.45) is 0 Å². The molecule has 122 valence electrons. The quantitative estimate of drug-likeness (QED) is 0.731. The summed E-state index contributed by atoms with van der Waals surface area (Å²) in [5.74, 6) is 1.48. The van der Waals surface area contributed by atoms with E-state index in [4.69, 9.17) is 9.47 Å². The van der Waals surface area contributed by atoms with Crippen LogP contribution < -0.4 is 9.47 Å². The van der Waals surface area contributed by atoms with Gasteiger partial charge < -0.3 is 9.47 Å². The zero-order valence-corrected chi connectivity index (χ0v) is 13.9. The number of nitriles is 1. The minimum absolute atomic E-state index is 0.259. The number of nitrogens with zero attached hydrogens (tertiary/aromatic N) is 1. The van der Waals surface area contributed by atoms with E-state index < -0.39 is 0 Å². The minimum atomic E-state index is 0.259. The van der Waals surface area contributed by atoms with Crippen LogP contribution in [0.5, 0.6) is 11.5 Å².